The van der Waals surface area contributed by atoms with Crippen LogP contribution in [0.15, 0.2) is 35.5 Å². The lowest BCUT2D eigenvalue weighted by atomic mass is 10.1. The first-order valence-electron chi connectivity index (χ1n) is 11.2. The largest absolute Gasteiger partial charge is 0.354 e. The molecule has 3 heterocycles. The van der Waals surface area contributed by atoms with Crippen molar-refractivity contribution < 1.29 is 4.79 Å². The van der Waals surface area contributed by atoms with Gasteiger partial charge in [0.15, 0.2) is 5.16 Å². The number of hydrogen-bond donors (Lipinski definition) is 0. The molecular weight excluding hydrogens is 430 g/mol. The predicted octanol–water partition coefficient (Wildman–Crippen LogP) is 4.19. The molecule has 8 heteroatoms. The van der Waals surface area contributed by atoms with Gasteiger partial charge >= 0.3 is 0 Å². The van der Waals surface area contributed by atoms with Gasteiger partial charge in [-0.1, -0.05) is 42.4 Å². The Morgan fingerprint density at radius 3 is 2.39 bits per heavy atom. The monoisotopic (exact) mass is 459 g/mol. The Balaban J connectivity index is 1.35. The highest BCUT2D eigenvalue weighted by molar-refractivity contribution is 7.98. The Hall–Kier alpha value is -1.83. The molecule has 0 unspecified atom stereocenters. The van der Waals surface area contributed by atoms with Crippen molar-refractivity contribution in [3.8, 4) is 0 Å². The number of piperidine rings is 1. The second-order valence-electron chi connectivity index (χ2n) is 8.09. The number of halogens is 1. The summed E-state index contributed by atoms with van der Waals surface area (Å²) in [6.45, 7) is 9.03. The number of hydrogen-bond acceptors (Lipinski definition) is 6. The van der Waals surface area contributed by atoms with Crippen molar-refractivity contribution in [1.82, 2.24) is 19.8 Å². The summed E-state index contributed by atoms with van der Waals surface area (Å²) in [6.07, 6.45) is 3.44. The molecule has 1 aromatic heterocycles. The van der Waals surface area contributed by atoms with Crippen molar-refractivity contribution in [1.29, 1.82) is 0 Å². The number of thioether (sulfide) groups is 1. The number of carbonyl (C=O) groups is 1. The van der Waals surface area contributed by atoms with E-state index in [1.165, 1.54) is 6.42 Å². The van der Waals surface area contributed by atoms with Crippen molar-refractivity contribution in [2.75, 3.05) is 50.7 Å². The van der Waals surface area contributed by atoms with E-state index in [0.717, 1.165) is 81.4 Å². The normalized spacial score (nSPS) is 17.7. The van der Waals surface area contributed by atoms with Gasteiger partial charge in [-0.05, 0) is 43.5 Å². The molecule has 1 aromatic carbocycles. The smallest absolute Gasteiger partial charge is 0.253 e. The third-order valence-corrected chi connectivity index (χ3v) is 7.13. The summed E-state index contributed by atoms with van der Waals surface area (Å²) in [6, 6.07) is 9.78. The number of benzene rings is 1. The zero-order chi connectivity index (χ0) is 21.6. The van der Waals surface area contributed by atoms with Crippen LogP contribution in [0, 0.1) is 0 Å². The lowest BCUT2D eigenvalue weighted by Gasteiger charge is -2.34. The summed E-state index contributed by atoms with van der Waals surface area (Å²) in [5, 5.41) is 1.17. The number of piperazine rings is 1. The average molecular weight is 460 g/mol. The topological polar surface area (TPSA) is 52.6 Å². The van der Waals surface area contributed by atoms with Crippen LogP contribution < -0.4 is 4.90 Å². The third-order valence-electron chi connectivity index (χ3n) is 6.02. The van der Waals surface area contributed by atoms with Crippen molar-refractivity contribution in [3.63, 3.8) is 0 Å². The van der Waals surface area contributed by atoms with Crippen LogP contribution in [0.2, 0.25) is 5.15 Å². The van der Waals surface area contributed by atoms with Gasteiger partial charge in [-0.25, -0.2) is 9.97 Å². The van der Waals surface area contributed by atoms with Gasteiger partial charge in [0.05, 0.1) is 0 Å². The maximum absolute atomic E-state index is 12.6. The zero-order valence-electron chi connectivity index (χ0n) is 18.1. The predicted molar refractivity (Wildman–Crippen MR) is 127 cm³/mol. The fourth-order valence-corrected chi connectivity index (χ4v) is 5.11. The molecule has 2 aromatic rings. The van der Waals surface area contributed by atoms with Crippen molar-refractivity contribution >= 4 is 35.1 Å². The van der Waals surface area contributed by atoms with E-state index in [0.29, 0.717) is 10.3 Å². The molecule has 2 fully saturated rings. The summed E-state index contributed by atoms with van der Waals surface area (Å²) >= 11 is 7.87. The molecule has 0 bridgehead atoms. The number of aromatic nitrogens is 2. The van der Waals surface area contributed by atoms with Crippen LogP contribution in [0.1, 0.15) is 42.1 Å². The van der Waals surface area contributed by atoms with Gasteiger partial charge in [0.25, 0.3) is 5.91 Å². The van der Waals surface area contributed by atoms with Crippen molar-refractivity contribution in [3.05, 3.63) is 46.6 Å². The molecule has 2 aliphatic rings. The number of likely N-dealkylation sites (N-methyl/N-ethyl adjacent to an activating group) is 1. The van der Waals surface area contributed by atoms with Gasteiger partial charge in [0, 0.05) is 56.7 Å². The van der Waals surface area contributed by atoms with Gasteiger partial charge in [-0.3, -0.25) is 4.79 Å². The summed E-state index contributed by atoms with van der Waals surface area (Å²) in [5.74, 6) is 1.78. The highest BCUT2D eigenvalue weighted by Gasteiger charge is 2.19. The fourth-order valence-electron chi connectivity index (χ4n) is 4.08. The molecule has 6 nitrogen and oxygen atoms in total. The minimum absolute atomic E-state index is 0.143. The highest BCUT2D eigenvalue weighted by Crippen LogP contribution is 2.25. The molecule has 0 spiro atoms. The summed E-state index contributed by atoms with van der Waals surface area (Å²) in [5.41, 5.74) is 1.91. The van der Waals surface area contributed by atoms with Crippen LogP contribution >= 0.6 is 23.4 Å². The molecule has 0 N–H and O–H groups in total. The van der Waals surface area contributed by atoms with Gasteiger partial charge < -0.3 is 14.7 Å². The molecule has 31 heavy (non-hydrogen) atoms. The lowest BCUT2D eigenvalue weighted by molar-refractivity contribution is 0.0724. The van der Waals surface area contributed by atoms with E-state index in [1.54, 1.807) is 11.8 Å². The molecular formula is C23H30ClN5OS. The van der Waals surface area contributed by atoms with Crippen LogP contribution in [-0.2, 0) is 5.75 Å². The van der Waals surface area contributed by atoms with E-state index in [4.69, 9.17) is 16.6 Å². The summed E-state index contributed by atoms with van der Waals surface area (Å²) < 4.78 is 0. The fraction of sp³-hybridized carbons (Fsp3) is 0.522. The van der Waals surface area contributed by atoms with Gasteiger partial charge in [-0.15, -0.1) is 0 Å². The van der Waals surface area contributed by atoms with Crippen LogP contribution in [0.3, 0.4) is 0 Å². The van der Waals surface area contributed by atoms with E-state index in [9.17, 15) is 4.79 Å². The van der Waals surface area contributed by atoms with Crippen LogP contribution in [0.25, 0.3) is 0 Å². The van der Waals surface area contributed by atoms with Gasteiger partial charge in [0.1, 0.15) is 11.0 Å². The SMILES string of the molecule is CCN1CCN(c2cc(Cl)nc(SCc3ccc(C(=O)N4CCCCC4)cc3)n2)CC1. The minimum atomic E-state index is 0.143. The number of carbonyl (C=O) groups excluding carboxylic acids is 1. The van der Waals surface area contributed by atoms with Crippen LogP contribution in [0.4, 0.5) is 5.82 Å². The first kappa shape index (κ1) is 22.4. The molecule has 2 aliphatic heterocycles. The standard InChI is InChI=1S/C23H30ClN5OS/c1-2-27-12-14-28(15-13-27)21-16-20(24)25-23(26-21)31-17-18-6-8-19(9-7-18)22(30)29-10-4-3-5-11-29/h6-9,16H,2-5,10-15,17H2,1H3. The average Bonchev–Trinajstić information content (AvgIpc) is 2.83. The molecule has 0 atom stereocenters. The Kier molecular flexibility index (Phi) is 7.69. The van der Waals surface area contributed by atoms with E-state index >= 15 is 0 Å². The zero-order valence-corrected chi connectivity index (χ0v) is 19.7. The van der Waals surface area contributed by atoms with Gasteiger partial charge in [0.2, 0.25) is 0 Å². The van der Waals surface area contributed by atoms with E-state index in [1.807, 2.05) is 35.2 Å². The molecule has 4 rings (SSSR count). The minimum Gasteiger partial charge on any atom is -0.354 e. The third kappa shape index (κ3) is 5.90. The molecule has 1 amide bonds. The van der Waals surface area contributed by atoms with Crippen molar-refractivity contribution in [2.45, 2.75) is 37.1 Å². The maximum Gasteiger partial charge on any atom is 0.253 e. The Bertz CT molecular complexity index is 880. The van der Waals surface area contributed by atoms with Crippen LogP contribution in [-0.4, -0.2) is 71.5 Å². The molecule has 0 saturated carbocycles. The summed E-state index contributed by atoms with van der Waals surface area (Å²) in [7, 11) is 0. The van der Waals surface area contributed by atoms with E-state index < -0.39 is 0 Å². The maximum atomic E-state index is 12.6. The Morgan fingerprint density at radius 1 is 1.00 bits per heavy atom. The molecule has 0 radical (unpaired) electrons. The molecule has 0 aliphatic carbocycles. The number of nitrogens with zero attached hydrogens (tertiary/aromatic N) is 5. The number of rotatable bonds is 6. The Labute approximate surface area is 194 Å². The first-order chi connectivity index (χ1) is 15.1. The second kappa shape index (κ2) is 10.7. The second-order valence-corrected chi connectivity index (χ2v) is 9.42. The van der Waals surface area contributed by atoms with E-state index in [-0.39, 0.29) is 5.91 Å². The van der Waals surface area contributed by atoms with Gasteiger partial charge in [-0.2, -0.15) is 0 Å². The van der Waals surface area contributed by atoms with Crippen LogP contribution in [0.5, 0.6) is 0 Å². The summed E-state index contributed by atoms with van der Waals surface area (Å²) in [4.78, 5) is 28.5. The molecule has 2 saturated heterocycles. The quantitative estimate of drug-likeness (QED) is 0.367. The van der Waals surface area contributed by atoms with Crippen molar-refractivity contribution in [2.24, 2.45) is 0 Å². The number of anilines is 1. The molecule has 166 valence electrons. The highest BCUT2D eigenvalue weighted by atomic mass is 35.5. The number of amides is 1. The lowest BCUT2D eigenvalue weighted by Crippen LogP contribution is -2.46. The Morgan fingerprint density at radius 2 is 1.71 bits per heavy atom. The first-order valence-corrected chi connectivity index (χ1v) is 12.5. The number of likely N-dealkylation sites (tertiary alicyclic amines) is 1. The van der Waals surface area contributed by atoms with E-state index in [2.05, 4.69) is 21.7 Å².